The molecule has 1 aromatic heterocycles. The number of rotatable bonds is 3. The SMILES string of the molecule is CCn1cc(NC(=O)c2cccc(N)c2C)ccc1=O. The number of nitrogens with one attached hydrogen (secondary N) is 1. The van der Waals surface area contributed by atoms with Gasteiger partial charge in [0.25, 0.3) is 11.5 Å². The van der Waals surface area contributed by atoms with E-state index in [0.717, 1.165) is 5.56 Å². The third-order valence-corrected chi connectivity index (χ3v) is 3.20. The molecule has 5 nitrogen and oxygen atoms in total. The topological polar surface area (TPSA) is 77.1 Å². The van der Waals surface area contributed by atoms with Crippen molar-refractivity contribution in [1.29, 1.82) is 0 Å². The maximum Gasteiger partial charge on any atom is 0.256 e. The van der Waals surface area contributed by atoms with Crippen molar-refractivity contribution in [1.82, 2.24) is 4.57 Å². The van der Waals surface area contributed by atoms with Crippen LogP contribution in [0.2, 0.25) is 0 Å². The fraction of sp³-hybridized carbons (Fsp3) is 0.200. The molecule has 3 N–H and O–H groups in total. The molecule has 0 spiro atoms. The first kappa shape index (κ1) is 13.9. The quantitative estimate of drug-likeness (QED) is 0.838. The van der Waals surface area contributed by atoms with Crippen molar-refractivity contribution in [3.8, 4) is 0 Å². The van der Waals surface area contributed by atoms with E-state index < -0.39 is 0 Å². The van der Waals surface area contributed by atoms with E-state index in [9.17, 15) is 9.59 Å². The van der Waals surface area contributed by atoms with Gasteiger partial charge >= 0.3 is 0 Å². The number of carbonyl (C=O) groups excluding carboxylic acids is 1. The lowest BCUT2D eigenvalue weighted by Gasteiger charge is -2.10. The van der Waals surface area contributed by atoms with Crippen molar-refractivity contribution in [3.05, 3.63) is 58.0 Å². The Labute approximate surface area is 117 Å². The summed E-state index contributed by atoms with van der Waals surface area (Å²) in [6.07, 6.45) is 1.63. The van der Waals surface area contributed by atoms with E-state index in [-0.39, 0.29) is 11.5 Å². The van der Waals surface area contributed by atoms with E-state index in [0.29, 0.717) is 23.5 Å². The summed E-state index contributed by atoms with van der Waals surface area (Å²) in [5, 5.41) is 2.77. The van der Waals surface area contributed by atoms with Gasteiger partial charge in [0.2, 0.25) is 0 Å². The second-order valence-corrected chi connectivity index (χ2v) is 4.52. The van der Waals surface area contributed by atoms with Crippen LogP contribution in [0.5, 0.6) is 0 Å². The van der Waals surface area contributed by atoms with Gasteiger partial charge in [-0.3, -0.25) is 9.59 Å². The number of aryl methyl sites for hydroxylation is 1. The third kappa shape index (κ3) is 2.71. The molecule has 0 unspecified atom stereocenters. The maximum atomic E-state index is 12.2. The molecule has 20 heavy (non-hydrogen) atoms. The summed E-state index contributed by atoms with van der Waals surface area (Å²) in [5.74, 6) is -0.240. The molecule has 0 radical (unpaired) electrons. The summed E-state index contributed by atoms with van der Waals surface area (Å²) in [4.78, 5) is 23.7. The number of nitrogen functional groups attached to an aromatic ring is 1. The number of anilines is 2. The Hall–Kier alpha value is -2.56. The molecule has 0 aliphatic heterocycles. The van der Waals surface area contributed by atoms with Crippen LogP contribution in [0.3, 0.4) is 0 Å². The molecule has 1 heterocycles. The lowest BCUT2D eigenvalue weighted by Crippen LogP contribution is -2.20. The second-order valence-electron chi connectivity index (χ2n) is 4.52. The molecule has 0 saturated heterocycles. The summed E-state index contributed by atoms with van der Waals surface area (Å²) in [6, 6.07) is 8.24. The van der Waals surface area contributed by atoms with Crippen LogP contribution in [-0.2, 0) is 6.54 Å². The summed E-state index contributed by atoms with van der Waals surface area (Å²) in [6.45, 7) is 4.23. The van der Waals surface area contributed by atoms with Gasteiger partial charge < -0.3 is 15.6 Å². The first-order valence-corrected chi connectivity index (χ1v) is 6.40. The molecule has 0 bridgehead atoms. The standard InChI is InChI=1S/C15H17N3O2/c1-3-18-9-11(7-8-14(18)19)17-15(20)12-5-4-6-13(16)10(12)2/h4-9H,3,16H2,1-2H3,(H,17,20). The second kappa shape index (κ2) is 5.61. The van der Waals surface area contributed by atoms with Crippen molar-refractivity contribution in [2.75, 3.05) is 11.1 Å². The minimum Gasteiger partial charge on any atom is -0.398 e. The molecule has 1 amide bonds. The summed E-state index contributed by atoms with van der Waals surface area (Å²) in [5.41, 5.74) is 8.13. The highest BCUT2D eigenvalue weighted by Crippen LogP contribution is 2.17. The Morgan fingerprint density at radius 1 is 1.30 bits per heavy atom. The van der Waals surface area contributed by atoms with E-state index in [1.807, 2.05) is 6.92 Å². The van der Waals surface area contributed by atoms with E-state index in [1.54, 1.807) is 37.4 Å². The Morgan fingerprint density at radius 2 is 2.05 bits per heavy atom. The molecular weight excluding hydrogens is 254 g/mol. The molecule has 2 aromatic rings. The predicted molar refractivity (Wildman–Crippen MR) is 79.9 cm³/mol. The molecule has 1 aromatic carbocycles. The predicted octanol–water partition coefficient (Wildman–Crippen LogP) is 2.01. The molecule has 0 fully saturated rings. The fourth-order valence-electron chi connectivity index (χ4n) is 1.95. The van der Waals surface area contributed by atoms with Crippen molar-refractivity contribution >= 4 is 17.3 Å². The fourth-order valence-corrected chi connectivity index (χ4v) is 1.95. The van der Waals surface area contributed by atoms with Gasteiger partial charge in [-0.1, -0.05) is 6.07 Å². The molecule has 104 valence electrons. The Morgan fingerprint density at radius 3 is 2.75 bits per heavy atom. The summed E-state index contributed by atoms with van der Waals surface area (Å²) >= 11 is 0. The molecular formula is C15H17N3O2. The Balaban J connectivity index is 2.28. The number of nitrogens with zero attached hydrogens (tertiary/aromatic N) is 1. The van der Waals surface area contributed by atoms with Crippen LogP contribution < -0.4 is 16.6 Å². The van der Waals surface area contributed by atoms with Crippen molar-refractivity contribution in [2.45, 2.75) is 20.4 Å². The Bertz CT molecular complexity index is 705. The molecule has 0 atom stereocenters. The minimum atomic E-state index is -0.240. The summed E-state index contributed by atoms with van der Waals surface area (Å²) in [7, 11) is 0. The zero-order chi connectivity index (χ0) is 14.7. The average molecular weight is 271 g/mol. The van der Waals surface area contributed by atoms with Crippen LogP contribution in [0.4, 0.5) is 11.4 Å². The number of hydrogen-bond acceptors (Lipinski definition) is 3. The molecule has 0 aliphatic rings. The molecule has 0 saturated carbocycles. The van der Waals surface area contributed by atoms with E-state index in [2.05, 4.69) is 5.32 Å². The molecule has 5 heteroatoms. The van der Waals surface area contributed by atoms with Crippen LogP contribution in [-0.4, -0.2) is 10.5 Å². The number of hydrogen-bond donors (Lipinski definition) is 2. The van der Waals surface area contributed by atoms with Crippen LogP contribution in [0.25, 0.3) is 0 Å². The van der Waals surface area contributed by atoms with Gasteiger partial charge in [-0.05, 0) is 37.6 Å². The number of amides is 1. The highest BCUT2D eigenvalue weighted by Gasteiger charge is 2.11. The van der Waals surface area contributed by atoms with Gasteiger partial charge in [-0.15, -0.1) is 0 Å². The number of nitrogens with two attached hydrogens (primary N) is 1. The molecule has 0 aliphatic carbocycles. The number of benzene rings is 1. The lowest BCUT2D eigenvalue weighted by atomic mass is 10.1. The number of pyridine rings is 1. The zero-order valence-corrected chi connectivity index (χ0v) is 11.5. The third-order valence-electron chi connectivity index (χ3n) is 3.20. The van der Waals surface area contributed by atoms with Gasteiger partial charge in [0.05, 0.1) is 5.69 Å². The minimum absolute atomic E-state index is 0.0920. The zero-order valence-electron chi connectivity index (χ0n) is 11.5. The van der Waals surface area contributed by atoms with Crippen LogP contribution >= 0.6 is 0 Å². The normalized spacial score (nSPS) is 10.3. The van der Waals surface area contributed by atoms with Gasteiger partial charge in [-0.2, -0.15) is 0 Å². The van der Waals surface area contributed by atoms with Crippen molar-refractivity contribution in [2.24, 2.45) is 0 Å². The van der Waals surface area contributed by atoms with Gasteiger partial charge in [0.15, 0.2) is 0 Å². The first-order valence-electron chi connectivity index (χ1n) is 6.40. The smallest absolute Gasteiger partial charge is 0.256 e. The van der Waals surface area contributed by atoms with Gasteiger partial charge in [0.1, 0.15) is 0 Å². The van der Waals surface area contributed by atoms with E-state index in [1.165, 1.54) is 10.6 Å². The largest absolute Gasteiger partial charge is 0.398 e. The summed E-state index contributed by atoms with van der Waals surface area (Å²) < 4.78 is 1.53. The molecule has 2 rings (SSSR count). The maximum absolute atomic E-state index is 12.2. The van der Waals surface area contributed by atoms with Gasteiger partial charge in [0, 0.05) is 30.1 Å². The number of aromatic nitrogens is 1. The first-order chi connectivity index (χ1) is 9.52. The van der Waals surface area contributed by atoms with E-state index >= 15 is 0 Å². The highest BCUT2D eigenvalue weighted by molar-refractivity contribution is 6.05. The van der Waals surface area contributed by atoms with Crippen LogP contribution in [0.15, 0.2) is 41.3 Å². The van der Waals surface area contributed by atoms with Gasteiger partial charge in [-0.25, -0.2) is 0 Å². The average Bonchev–Trinajstić information content (AvgIpc) is 2.43. The lowest BCUT2D eigenvalue weighted by molar-refractivity contribution is 0.102. The Kier molecular flexibility index (Phi) is 3.89. The highest BCUT2D eigenvalue weighted by atomic mass is 16.1. The van der Waals surface area contributed by atoms with E-state index in [4.69, 9.17) is 5.73 Å². The van der Waals surface area contributed by atoms with Crippen LogP contribution in [0, 0.1) is 6.92 Å². The number of carbonyl (C=O) groups is 1. The van der Waals surface area contributed by atoms with Crippen molar-refractivity contribution < 1.29 is 4.79 Å². The monoisotopic (exact) mass is 271 g/mol. The van der Waals surface area contributed by atoms with Crippen molar-refractivity contribution in [3.63, 3.8) is 0 Å². The van der Waals surface area contributed by atoms with Crippen LogP contribution in [0.1, 0.15) is 22.8 Å².